The van der Waals surface area contributed by atoms with Gasteiger partial charge in [-0.15, -0.1) is 0 Å². The van der Waals surface area contributed by atoms with Gasteiger partial charge in [-0.25, -0.2) is 9.59 Å². The zero-order chi connectivity index (χ0) is 20.4. The molecule has 7 heteroatoms. The van der Waals surface area contributed by atoms with E-state index in [1.54, 1.807) is 13.0 Å². The third kappa shape index (κ3) is 4.13. The molecule has 2 heterocycles. The number of benzene rings is 1. The molecule has 3 aromatic rings. The predicted octanol–water partition coefficient (Wildman–Crippen LogP) is 4.33. The maximum absolute atomic E-state index is 12.0. The Kier molecular flexibility index (Phi) is 5.91. The number of ether oxygens (including phenoxy) is 1. The minimum Gasteiger partial charge on any atom is -0.465 e. The number of hydrogen-bond acceptors (Lipinski definition) is 6. The van der Waals surface area contributed by atoms with Crippen molar-refractivity contribution in [2.24, 2.45) is 0 Å². The van der Waals surface area contributed by atoms with Crippen LogP contribution in [-0.4, -0.2) is 25.0 Å². The number of rotatable bonds is 6. The van der Waals surface area contributed by atoms with E-state index in [0.717, 1.165) is 22.9 Å². The molecular weight excluding hydrogens is 382 g/mol. The van der Waals surface area contributed by atoms with Gasteiger partial charge in [0, 0.05) is 23.0 Å². The van der Waals surface area contributed by atoms with Crippen molar-refractivity contribution >= 4 is 28.5 Å². The fourth-order valence-corrected chi connectivity index (χ4v) is 3.53. The molecule has 0 saturated heterocycles. The van der Waals surface area contributed by atoms with Gasteiger partial charge in [0.1, 0.15) is 22.7 Å². The fraction of sp³-hybridized carbons (Fsp3) is 0.333. The zero-order valence-corrected chi connectivity index (χ0v) is 17.1. The first kappa shape index (κ1) is 20.2. The lowest BCUT2D eigenvalue weighted by Crippen LogP contribution is -2.18. The molecule has 6 nitrogen and oxygen atoms in total. The Balaban J connectivity index is 1.87. The molecule has 0 bridgehead atoms. The van der Waals surface area contributed by atoms with Crippen LogP contribution in [0.5, 0.6) is 0 Å². The van der Waals surface area contributed by atoms with Gasteiger partial charge < -0.3 is 13.6 Å². The molecule has 2 aromatic heterocycles. The highest BCUT2D eigenvalue weighted by atomic mass is 35.5. The van der Waals surface area contributed by atoms with E-state index in [-0.39, 0.29) is 0 Å². The number of fused-ring (bicyclic) bond motifs is 1. The first-order chi connectivity index (χ1) is 13.3. The molecule has 0 unspecified atom stereocenters. The van der Waals surface area contributed by atoms with E-state index in [1.807, 2.05) is 31.0 Å². The Morgan fingerprint density at radius 2 is 1.89 bits per heavy atom. The van der Waals surface area contributed by atoms with Crippen LogP contribution in [0.25, 0.3) is 11.0 Å². The monoisotopic (exact) mass is 403 g/mol. The molecule has 0 aliphatic carbocycles. The van der Waals surface area contributed by atoms with Gasteiger partial charge in [-0.3, -0.25) is 4.90 Å². The molecule has 0 radical (unpaired) electrons. The minimum atomic E-state index is -0.428. The van der Waals surface area contributed by atoms with Crippen LogP contribution < -0.4 is 5.63 Å². The fourth-order valence-electron chi connectivity index (χ4n) is 3.24. The standard InChI is InChI=1S/C21H22ClNO5/c1-5-13-6-19-17(9-18(13)22)14(7-20(24)28-19)10-23(3)11-15-8-16(12(2)27-15)21(25)26-4/h6-9H,5,10-11H2,1-4H3. The third-order valence-corrected chi connectivity index (χ3v) is 4.97. The van der Waals surface area contributed by atoms with Crippen molar-refractivity contribution in [3.8, 4) is 0 Å². The van der Waals surface area contributed by atoms with Crippen molar-refractivity contribution in [1.29, 1.82) is 0 Å². The second kappa shape index (κ2) is 8.20. The van der Waals surface area contributed by atoms with Crippen LogP contribution in [0.15, 0.2) is 37.9 Å². The Morgan fingerprint density at radius 3 is 2.57 bits per heavy atom. The van der Waals surface area contributed by atoms with Crippen molar-refractivity contribution in [1.82, 2.24) is 4.90 Å². The van der Waals surface area contributed by atoms with E-state index in [4.69, 9.17) is 25.2 Å². The number of carbonyl (C=O) groups excluding carboxylic acids is 1. The molecule has 0 atom stereocenters. The number of carbonyl (C=O) groups is 1. The van der Waals surface area contributed by atoms with Crippen molar-refractivity contribution < 1.29 is 18.4 Å². The average Bonchev–Trinajstić information content (AvgIpc) is 3.01. The minimum absolute atomic E-state index is 0.401. The summed E-state index contributed by atoms with van der Waals surface area (Å²) in [6, 6.07) is 6.82. The van der Waals surface area contributed by atoms with E-state index >= 15 is 0 Å². The van der Waals surface area contributed by atoms with Crippen LogP contribution in [0.1, 0.15) is 39.9 Å². The second-order valence-electron chi connectivity index (χ2n) is 6.73. The average molecular weight is 404 g/mol. The van der Waals surface area contributed by atoms with E-state index in [2.05, 4.69) is 0 Å². The molecule has 148 valence electrons. The van der Waals surface area contributed by atoms with Crippen molar-refractivity contribution in [3.05, 3.63) is 67.9 Å². The maximum atomic E-state index is 12.0. The van der Waals surface area contributed by atoms with E-state index < -0.39 is 11.6 Å². The summed E-state index contributed by atoms with van der Waals surface area (Å²) >= 11 is 6.35. The van der Waals surface area contributed by atoms with Crippen molar-refractivity contribution in [2.75, 3.05) is 14.2 Å². The molecule has 0 N–H and O–H groups in total. The number of furan rings is 1. The predicted molar refractivity (Wildman–Crippen MR) is 107 cm³/mol. The number of hydrogen-bond donors (Lipinski definition) is 0. The Hall–Kier alpha value is -2.57. The van der Waals surface area contributed by atoms with Gasteiger partial charge in [0.2, 0.25) is 0 Å². The summed E-state index contributed by atoms with van der Waals surface area (Å²) in [5, 5.41) is 1.46. The van der Waals surface area contributed by atoms with Crippen molar-refractivity contribution in [2.45, 2.75) is 33.4 Å². The molecule has 0 spiro atoms. The van der Waals surface area contributed by atoms with E-state index in [0.29, 0.717) is 40.8 Å². The lowest BCUT2D eigenvalue weighted by Gasteiger charge is -2.16. The van der Waals surface area contributed by atoms with Gasteiger partial charge in [-0.1, -0.05) is 18.5 Å². The van der Waals surface area contributed by atoms with Gasteiger partial charge in [0.05, 0.1) is 13.7 Å². The number of esters is 1. The van der Waals surface area contributed by atoms with Crippen LogP contribution in [-0.2, 0) is 24.2 Å². The maximum Gasteiger partial charge on any atom is 0.341 e. The van der Waals surface area contributed by atoms with Gasteiger partial charge in [-0.05, 0) is 49.7 Å². The Bertz CT molecular complexity index is 1080. The summed E-state index contributed by atoms with van der Waals surface area (Å²) < 4.78 is 15.8. The quantitative estimate of drug-likeness (QED) is 0.450. The highest BCUT2D eigenvalue weighted by Gasteiger charge is 2.17. The topological polar surface area (TPSA) is 72.9 Å². The SMILES string of the molecule is CCc1cc2oc(=O)cc(CN(C)Cc3cc(C(=O)OC)c(C)o3)c2cc1Cl. The normalized spacial score (nSPS) is 11.4. The number of halogens is 1. The summed E-state index contributed by atoms with van der Waals surface area (Å²) in [5.74, 6) is 0.724. The zero-order valence-electron chi connectivity index (χ0n) is 16.3. The van der Waals surface area contributed by atoms with Crippen LogP contribution in [0, 0.1) is 6.92 Å². The molecular formula is C21H22ClNO5. The third-order valence-electron chi connectivity index (χ3n) is 4.62. The molecule has 0 saturated carbocycles. The summed E-state index contributed by atoms with van der Waals surface area (Å²) in [6.07, 6.45) is 0.753. The summed E-state index contributed by atoms with van der Waals surface area (Å²) in [7, 11) is 3.24. The molecule has 0 amide bonds. The molecule has 28 heavy (non-hydrogen) atoms. The Labute approximate surface area is 167 Å². The lowest BCUT2D eigenvalue weighted by molar-refractivity contribution is 0.0599. The summed E-state index contributed by atoms with van der Waals surface area (Å²) in [5.41, 5.74) is 2.29. The van der Waals surface area contributed by atoms with Gasteiger partial charge in [-0.2, -0.15) is 0 Å². The summed E-state index contributed by atoms with van der Waals surface area (Å²) in [6.45, 7) is 4.66. The summed E-state index contributed by atoms with van der Waals surface area (Å²) in [4.78, 5) is 25.7. The van der Waals surface area contributed by atoms with E-state index in [9.17, 15) is 9.59 Å². The first-order valence-electron chi connectivity index (χ1n) is 8.93. The molecule has 3 rings (SSSR count). The molecule has 0 aliphatic rings. The van der Waals surface area contributed by atoms with Gasteiger partial charge in [0.25, 0.3) is 0 Å². The van der Waals surface area contributed by atoms with Crippen LogP contribution in [0.4, 0.5) is 0 Å². The van der Waals surface area contributed by atoms with Crippen LogP contribution >= 0.6 is 11.6 Å². The highest BCUT2D eigenvalue weighted by Crippen LogP contribution is 2.27. The largest absolute Gasteiger partial charge is 0.465 e. The lowest BCUT2D eigenvalue weighted by atomic mass is 10.1. The van der Waals surface area contributed by atoms with E-state index in [1.165, 1.54) is 13.2 Å². The van der Waals surface area contributed by atoms with Crippen LogP contribution in [0.2, 0.25) is 5.02 Å². The second-order valence-corrected chi connectivity index (χ2v) is 7.14. The van der Waals surface area contributed by atoms with Gasteiger partial charge >= 0.3 is 11.6 Å². The number of nitrogens with zero attached hydrogens (tertiary/aromatic N) is 1. The first-order valence-corrected chi connectivity index (χ1v) is 9.31. The number of aryl methyl sites for hydroxylation is 2. The Morgan fingerprint density at radius 1 is 1.14 bits per heavy atom. The molecule has 1 aromatic carbocycles. The highest BCUT2D eigenvalue weighted by molar-refractivity contribution is 6.32. The molecule has 0 fully saturated rings. The van der Waals surface area contributed by atoms with Gasteiger partial charge in [0.15, 0.2) is 0 Å². The van der Waals surface area contributed by atoms with Crippen molar-refractivity contribution in [3.63, 3.8) is 0 Å². The molecule has 0 aliphatic heterocycles. The van der Waals surface area contributed by atoms with Crippen LogP contribution in [0.3, 0.4) is 0 Å². The smallest absolute Gasteiger partial charge is 0.341 e. The number of methoxy groups -OCH3 is 1.